The number of nitrogens with one attached hydrogen (secondary N) is 1. The minimum absolute atomic E-state index is 0.137. The molecular formula is C19H23N5O. The van der Waals surface area contributed by atoms with Crippen LogP contribution in [0.2, 0.25) is 0 Å². The number of nitrogens with two attached hydrogens (primary N) is 2. The zero-order valence-electron chi connectivity index (χ0n) is 14.2. The molecule has 1 unspecified atom stereocenters. The molecule has 0 radical (unpaired) electrons. The maximum atomic E-state index is 12.4. The molecule has 1 aromatic carbocycles. The fraction of sp³-hybridized carbons (Fsp3) is 0.211. The highest BCUT2D eigenvalue weighted by Crippen LogP contribution is 2.06. The molecule has 2 rings (SSSR count). The van der Waals surface area contributed by atoms with Gasteiger partial charge in [-0.2, -0.15) is 0 Å². The first kappa shape index (κ1) is 18.4. The molecule has 0 bridgehead atoms. The summed E-state index contributed by atoms with van der Waals surface area (Å²) in [6.45, 7) is 0.361. The number of hydrogen-bond acceptors (Lipinski definition) is 5. The number of nitrogens with zero attached hydrogens (tertiary/aromatic N) is 2. The SMILES string of the molecule is CN=C(/C=C\N)c1ccc(C(=O)NC(CN)Cc2ccccc2)cn1. The highest BCUT2D eigenvalue weighted by molar-refractivity contribution is 6.07. The Morgan fingerprint density at radius 1 is 1.28 bits per heavy atom. The number of amides is 1. The van der Waals surface area contributed by atoms with E-state index in [2.05, 4.69) is 15.3 Å². The smallest absolute Gasteiger partial charge is 0.253 e. The molecule has 1 heterocycles. The molecule has 0 aliphatic carbocycles. The van der Waals surface area contributed by atoms with E-state index in [4.69, 9.17) is 11.5 Å². The van der Waals surface area contributed by atoms with E-state index in [0.717, 1.165) is 5.56 Å². The average Bonchev–Trinajstić information content (AvgIpc) is 2.66. The molecular weight excluding hydrogens is 314 g/mol. The standard InChI is InChI=1S/C19H23N5O/c1-22-17(9-10-20)18-8-7-15(13-23-18)19(25)24-16(12-21)11-14-5-3-2-4-6-14/h2-10,13,16H,11-12,20-21H2,1H3,(H,24,25)/b10-9-,22-17?. The van der Waals surface area contributed by atoms with Crippen LogP contribution in [0.3, 0.4) is 0 Å². The third-order valence-electron chi connectivity index (χ3n) is 3.73. The maximum absolute atomic E-state index is 12.4. The van der Waals surface area contributed by atoms with Crippen molar-refractivity contribution in [1.29, 1.82) is 0 Å². The second-order valence-corrected chi connectivity index (χ2v) is 5.50. The summed E-state index contributed by atoms with van der Waals surface area (Å²) in [4.78, 5) is 20.8. The Morgan fingerprint density at radius 2 is 2.04 bits per heavy atom. The van der Waals surface area contributed by atoms with Crippen LogP contribution in [0.1, 0.15) is 21.6 Å². The fourth-order valence-corrected chi connectivity index (χ4v) is 2.41. The van der Waals surface area contributed by atoms with Gasteiger partial charge < -0.3 is 16.8 Å². The highest BCUT2D eigenvalue weighted by atomic mass is 16.1. The van der Waals surface area contributed by atoms with Crippen molar-refractivity contribution in [3.8, 4) is 0 Å². The Morgan fingerprint density at radius 3 is 2.60 bits per heavy atom. The molecule has 5 N–H and O–H groups in total. The van der Waals surface area contributed by atoms with Gasteiger partial charge in [-0.15, -0.1) is 0 Å². The zero-order chi connectivity index (χ0) is 18.1. The van der Waals surface area contributed by atoms with Crippen molar-refractivity contribution in [2.75, 3.05) is 13.6 Å². The lowest BCUT2D eigenvalue weighted by Crippen LogP contribution is -2.41. The Bertz CT molecular complexity index is 738. The van der Waals surface area contributed by atoms with E-state index in [1.165, 1.54) is 12.4 Å². The van der Waals surface area contributed by atoms with Crippen LogP contribution in [-0.2, 0) is 6.42 Å². The van der Waals surface area contributed by atoms with Crippen LogP contribution in [-0.4, -0.2) is 36.2 Å². The lowest BCUT2D eigenvalue weighted by Gasteiger charge is -2.17. The summed E-state index contributed by atoms with van der Waals surface area (Å²) in [5.74, 6) is -0.199. The summed E-state index contributed by atoms with van der Waals surface area (Å²) >= 11 is 0. The van der Waals surface area contributed by atoms with Crippen LogP contribution < -0.4 is 16.8 Å². The Kier molecular flexibility index (Phi) is 6.86. The molecule has 130 valence electrons. The number of hydrogen-bond donors (Lipinski definition) is 3. The largest absolute Gasteiger partial charge is 0.405 e. The van der Waals surface area contributed by atoms with Gasteiger partial charge in [-0.05, 0) is 36.4 Å². The summed E-state index contributed by atoms with van der Waals surface area (Å²) < 4.78 is 0. The lowest BCUT2D eigenvalue weighted by molar-refractivity contribution is 0.0937. The predicted octanol–water partition coefficient (Wildman–Crippen LogP) is 1.27. The van der Waals surface area contributed by atoms with Gasteiger partial charge in [0.15, 0.2) is 0 Å². The third-order valence-corrected chi connectivity index (χ3v) is 3.73. The topological polar surface area (TPSA) is 106 Å². The Labute approximate surface area is 147 Å². The van der Waals surface area contributed by atoms with Crippen molar-refractivity contribution < 1.29 is 4.79 Å². The van der Waals surface area contributed by atoms with Crippen LogP contribution in [0.5, 0.6) is 0 Å². The first-order chi connectivity index (χ1) is 12.2. The molecule has 2 aromatic rings. The summed E-state index contributed by atoms with van der Waals surface area (Å²) in [5.41, 5.74) is 14.1. The molecule has 6 heteroatoms. The monoisotopic (exact) mass is 337 g/mol. The summed E-state index contributed by atoms with van der Waals surface area (Å²) in [5, 5.41) is 2.95. The van der Waals surface area contributed by atoms with Crippen molar-refractivity contribution in [3.05, 3.63) is 77.8 Å². The van der Waals surface area contributed by atoms with Gasteiger partial charge >= 0.3 is 0 Å². The fourth-order valence-electron chi connectivity index (χ4n) is 2.41. The summed E-state index contributed by atoms with van der Waals surface area (Å²) in [6, 6.07) is 13.2. The number of aliphatic imine (C=N–C) groups is 1. The molecule has 1 aromatic heterocycles. The van der Waals surface area contributed by atoms with E-state index in [1.807, 2.05) is 30.3 Å². The molecule has 25 heavy (non-hydrogen) atoms. The number of pyridine rings is 1. The maximum Gasteiger partial charge on any atom is 0.253 e. The normalized spacial score (nSPS) is 13.0. The second-order valence-electron chi connectivity index (χ2n) is 5.50. The van der Waals surface area contributed by atoms with Crippen LogP contribution in [0, 0.1) is 0 Å². The van der Waals surface area contributed by atoms with Gasteiger partial charge in [0.1, 0.15) is 0 Å². The van der Waals surface area contributed by atoms with Gasteiger partial charge in [0.25, 0.3) is 5.91 Å². The van der Waals surface area contributed by atoms with Crippen LogP contribution >= 0.6 is 0 Å². The van der Waals surface area contributed by atoms with Crippen LogP contribution in [0.15, 0.2) is 65.9 Å². The van der Waals surface area contributed by atoms with Gasteiger partial charge in [-0.3, -0.25) is 14.8 Å². The van der Waals surface area contributed by atoms with E-state index in [0.29, 0.717) is 29.9 Å². The van der Waals surface area contributed by atoms with Gasteiger partial charge in [-0.25, -0.2) is 0 Å². The van der Waals surface area contributed by atoms with E-state index in [1.54, 1.807) is 25.3 Å². The van der Waals surface area contributed by atoms with E-state index in [9.17, 15) is 4.79 Å². The van der Waals surface area contributed by atoms with Crippen molar-refractivity contribution >= 4 is 11.6 Å². The molecule has 0 fully saturated rings. The first-order valence-corrected chi connectivity index (χ1v) is 8.04. The number of allylic oxidation sites excluding steroid dienone is 1. The molecule has 0 aliphatic heterocycles. The van der Waals surface area contributed by atoms with E-state index < -0.39 is 0 Å². The van der Waals surface area contributed by atoms with Crippen LogP contribution in [0.25, 0.3) is 0 Å². The molecule has 0 aliphatic rings. The minimum Gasteiger partial charge on any atom is -0.405 e. The second kappa shape index (κ2) is 9.34. The third kappa shape index (κ3) is 5.26. The summed E-state index contributed by atoms with van der Waals surface area (Å²) in [6.07, 6.45) is 5.27. The molecule has 0 spiro atoms. The number of rotatable bonds is 7. The number of carbonyl (C=O) groups excluding carboxylic acids is 1. The van der Waals surface area contributed by atoms with Crippen molar-refractivity contribution in [1.82, 2.24) is 10.3 Å². The number of aromatic nitrogens is 1. The predicted molar refractivity (Wildman–Crippen MR) is 100 cm³/mol. The van der Waals surface area contributed by atoms with Crippen molar-refractivity contribution in [3.63, 3.8) is 0 Å². The minimum atomic E-state index is -0.199. The van der Waals surface area contributed by atoms with Gasteiger partial charge in [0.2, 0.25) is 0 Å². The van der Waals surface area contributed by atoms with Crippen LogP contribution in [0.4, 0.5) is 0 Å². The Balaban J connectivity index is 2.04. The highest BCUT2D eigenvalue weighted by Gasteiger charge is 2.14. The zero-order valence-corrected chi connectivity index (χ0v) is 14.2. The quantitative estimate of drug-likeness (QED) is 0.661. The lowest BCUT2D eigenvalue weighted by atomic mass is 10.1. The van der Waals surface area contributed by atoms with E-state index in [-0.39, 0.29) is 11.9 Å². The number of benzene rings is 1. The van der Waals surface area contributed by atoms with Gasteiger partial charge in [-0.1, -0.05) is 30.3 Å². The molecule has 6 nitrogen and oxygen atoms in total. The van der Waals surface area contributed by atoms with Gasteiger partial charge in [0.05, 0.1) is 17.0 Å². The molecule has 0 saturated carbocycles. The number of carbonyl (C=O) groups is 1. The molecule has 1 atom stereocenters. The summed E-state index contributed by atoms with van der Waals surface area (Å²) in [7, 11) is 1.66. The molecule has 0 saturated heterocycles. The first-order valence-electron chi connectivity index (χ1n) is 8.04. The Hall–Kier alpha value is -2.99. The van der Waals surface area contributed by atoms with E-state index >= 15 is 0 Å². The molecule has 1 amide bonds. The van der Waals surface area contributed by atoms with Gasteiger partial charge in [0, 0.05) is 25.8 Å². The van der Waals surface area contributed by atoms with Crippen molar-refractivity contribution in [2.24, 2.45) is 16.5 Å². The average molecular weight is 337 g/mol. The van der Waals surface area contributed by atoms with Crippen molar-refractivity contribution in [2.45, 2.75) is 12.5 Å².